The number of amides is 1. The molecule has 2 aromatic rings. The number of anilines is 1. The van der Waals surface area contributed by atoms with Gasteiger partial charge in [-0.25, -0.2) is 4.79 Å². The second-order valence-electron chi connectivity index (χ2n) is 5.61. The molecule has 0 fully saturated rings. The predicted molar refractivity (Wildman–Crippen MR) is 132 cm³/mol. The van der Waals surface area contributed by atoms with E-state index in [0.717, 1.165) is 13.2 Å². The van der Waals surface area contributed by atoms with Gasteiger partial charge in [0.1, 0.15) is 18.0 Å². The third-order valence-corrected chi connectivity index (χ3v) is 7.84. The molecule has 30 heavy (non-hydrogen) atoms. The summed E-state index contributed by atoms with van der Waals surface area (Å²) in [4.78, 5) is 35.3. The molecule has 14 heteroatoms. The Hall–Kier alpha value is -1.12. The maximum atomic E-state index is 12.7. The highest BCUT2D eigenvalue weighted by Crippen LogP contribution is 2.28. The van der Waals surface area contributed by atoms with Crippen molar-refractivity contribution in [1.29, 1.82) is 0 Å². The summed E-state index contributed by atoms with van der Waals surface area (Å²) in [6, 6.07) is 6.81. The van der Waals surface area contributed by atoms with Crippen LogP contribution in [0.3, 0.4) is 0 Å². The van der Waals surface area contributed by atoms with Crippen LogP contribution in [0.1, 0.15) is 20.7 Å². The average molecular weight is 772 g/mol. The Bertz CT molecular complexity index is 1140. The van der Waals surface area contributed by atoms with Crippen LogP contribution in [0.4, 0.5) is 11.4 Å². The molecule has 1 amide bonds. The summed E-state index contributed by atoms with van der Waals surface area (Å²) in [5, 5.41) is 13.9. The standard InChI is InChI=1S/C16H11I3N2O8S/c17-9-6-10(14(19)11(18)7-9)15(22)20-12-2-1-8(5-13(12)21(24)25)16(23)29-3-4-30(26,27)28/h1-2,5-7H,3-4H2,(H,20,22)(H,26,27,28). The second-order valence-corrected chi connectivity index (χ2v) is 10.7. The van der Waals surface area contributed by atoms with Crippen molar-refractivity contribution in [2.75, 3.05) is 17.7 Å². The molecule has 0 heterocycles. The summed E-state index contributed by atoms with van der Waals surface area (Å²) in [5.41, 5.74) is -0.532. The van der Waals surface area contributed by atoms with Crippen LogP contribution in [-0.2, 0) is 14.9 Å². The van der Waals surface area contributed by atoms with Gasteiger partial charge in [-0.3, -0.25) is 19.5 Å². The molecule has 0 aliphatic rings. The normalized spacial score (nSPS) is 11.1. The third kappa shape index (κ3) is 6.95. The summed E-state index contributed by atoms with van der Waals surface area (Å²) < 4.78 is 37.0. The van der Waals surface area contributed by atoms with E-state index < -0.39 is 45.0 Å². The third-order valence-electron chi connectivity index (χ3n) is 3.49. The molecule has 2 rings (SSSR count). The monoisotopic (exact) mass is 772 g/mol. The van der Waals surface area contributed by atoms with Gasteiger partial charge in [-0.05, 0) is 92.0 Å². The van der Waals surface area contributed by atoms with Gasteiger partial charge in [-0.1, -0.05) is 0 Å². The molecule has 2 aromatic carbocycles. The van der Waals surface area contributed by atoms with Gasteiger partial charge in [0.25, 0.3) is 21.7 Å². The predicted octanol–water partition coefficient (Wildman–Crippen LogP) is 3.71. The first-order valence-corrected chi connectivity index (χ1v) is 12.6. The number of carbonyl (C=O) groups is 2. The molecule has 0 atom stereocenters. The van der Waals surface area contributed by atoms with Crippen LogP contribution in [0.25, 0.3) is 0 Å². The lowest BCUT2D eigenvalue weighted by molar-refractivity contribution is -0.383. The Morgan fingerprint density at radius 2 is 1.83 bits per heavy atom. The van der Waals surface area contributed by atoms with Gasteiger partial charge in [-0.15, -0.1) is 0 Å². The summed E-state index contributed by atoms with van der Waals surface area (Å²) in [7, 11) is -4.31. The summed E-state index contributed by atoms with van der Waals surface area (Å²) in [6.07, 6.45) is 0. The number of hydrogen-bond donors (Lipinski definition) is 2. The number of esters is 1. The van der Waals surface area contributed by atoms with Crippen LogP contribution in [0.5, 0.6) is 0 Å². The molecule has 10 nitrogen and oxygen atoms in total. The zero-order valence-corrected chi connectivity index (χ0v) is 21.9. The topological polar surface area (TPSA) is 153 Å². The fourth-order valence-corrected chi connectivity index (χ4v) is 4.84. The highest BCUT2D eigenvalue weighted by atomic mass is 127. The first kappa shape index (κ1) is 25.1. The molecule has 160 valence electrons. The van der Waals surface area contributed by atoms with E-state index in [1.165, 1.54) is 12.1 Å². The number of rotatable bonds is 7. The van der Waals surface area contributed by atoms with Crippen LogP contribution in [0, 0.1) is 20.8 Å². The molecule has 0 aliphatic carbocycles. The summed E-state index contributed by atoms with van der Waals surface area (Å²) >= 11 is 6.14. The van der Waals surface area contributed by atoms with E-state index in [4.69, 9.17) is 4.55 Å². The number of ether oxygens (including phenoxy) is 1. The number of benzene rings is 2. The molecule has 0 saturated heterocycles. The number of nitro benzene ring substituents is 1. The van der Waals surface area contributed by atoms with Gasteiger partial charge in [0.15, 0.2) is 0 Å². The van der Waals surface area contributed by atoms with Crippen LogP contribution in [-0.4, -0.2) is 42.1 Å². The molecule has 0 bridgehead atoms. The minimum Gasteiger partial charge on any atom is -0.461 e. The quantitative estimate of drug-likeness (QED) is 0.108. The number of nitrogens with zero attached hydrogens (tertiary/aromatic N) is 1. The molecule has 0 spiro atoms. The van der Waals surface area contributed by atoms with Gasteiger partial charge >= 0.3 is 5.97 Å². The van der Waals surface area contributed by atoms with Gasteiger partial charge in [0.05, 0.1) is 16.1 Å². The molecule has 0 aromatic heterocycles. The molecule has 0 saturated carbocycles. The molecule has 0 radical (unpaired) electrons. The first-order chi connectivity index (χ1) is 13.9. The Balaban J connectivity index is 2.26. The molecular weight excluding hydrogens is 761 g/mol. The van der Waals surface area contributed by atoms with Gasteiger partial charge in [0.2, 0.25) is 0 Å². The zero-order valence-electron chi connectivity index (χ0n) is 14.6. The van der Waals surface area contributed by atoms with Crippen molar-refractivity contribution in [2.45, 2.75) is 0 Å². The fraction of sp³-hybridized carbons (Fsp3) is 0.125. The first-order valence-electron chi connectivity index (χ1n) is 7.75. The molecule has 0 aliphatic heterocycles. The van der Waals surface area contributed by atoms with Gasteiger partial charge in [-0.2, -0.15) is 8.42 Å². The van der Waals surface area contributed by atoms with E-state index in [1.807, 2.05) is 28.7 Å². The second kappa shape index (κ2) is 10.5. The largest absolute Gasteiger partial charge is 0.461 e. The molecule has 0 unspecified atom stereocenters. The number of carbonyl (C=O) groups excluding carboxylic acids is 2. The maximum absolute atomic E-state index is 12.7. The van der Waals surface area contributed by atoms with Crippen molar-refractivity contribution in [2.24, 2.45) is 0 Å². The number of hydrogen-bond acceptors (Lipinski definition) is 7. The van der Waals surface area contributed by atoms with Crippen molar-refractivity contribution >= 4 is 101 Å². The average Bonchev–Trinajstić information content (AvgIpc) is 2.63. The Morgan fingerprint density at radius 1 is 1.17 bits per heavy atom. The number of halogens is 3. The Labute approximate surface area is 211 Å². The smallest absolute Gasteiger partial charge is 0.338 e. The highest BCUT2D eigenvalue weighted by Gasteiger charge is 2.22. The van der Waals surface area contributed by atoms with Gasteiger partial charge in [0, 0.05) is 16.8 Å². The zero-order chi connectivity index (χ0) is 22.6. The van der Waals surface area contributed by atoms with Crippen molar-refractivity contribution in [3.8, 4) is 0 Å². The van der Waals surface area contributed by atoms with Crippen molar-refractivity contribution in [1.82, 2.24) is 0 Å². The van der Waals surface area contributed by atoms with E-state index >= 15 is 0 Å². The van der Waals surface area contributed by atoms with Crippen LogP contribution < -0.4 is 5.32 Å². The summed E-state index contributed by atoms with van der Waals surface area (Å²) in [6.45, 7) is -0.617. The number of nitrogens with one attached hydrogen (secondary N) is 1. The van der Waals surface area contributed by atoms with E-state index in [1.54, 1.807) is 6.07 Å². The van der Waals surface area contributed by atoms with Crippen LogP contribution >= 0.6 is 67.8 Å². The van der Waals surface area contributed by atoms with Crippen molar-refractivity contribution < 1.29 is 32.2 Å². The molecular formula is C16H11I3N2O8S. The van der Waals surface area contributed by atoms with E-state index in [9.17, 15) is 28.1 Å². The van der Waals surface area contributed by atoms with E-state index in [0.29, 0.717) is 9.13 Å². The van der Waals surface area contributed by atoms with Gasteiger partial charge < -0.3 is 10.1 Å². The Kier molecular flexibility index (Phi) is 8.77. The summed E-state index contributed by atoms with van der Waals surface area (Å²) in [5.74, 6) is -2.37. The number of nitro groups is 1. The van der Waals surface area contributed by atoms with Crippen LogP contribution in [0.15, 0.2) is 30.3 Å². The van der Waals surface area contributed by atoms with E-state index in [2.05, 4.69) is 55.2 Å². The lowest BCUT2D eigenvalue weighted by Gasteiger charge is -2.10. The Morgan fingerprint density at radius 3 is 2.43 bits per heavy atom. The SMILES string of the molecule is O=C(OCCS(=O)(=O)O)c1ccc(NC(=O)c2cc(I)cc(I)c2I)c([N+](=O)[O-])c1. The molecule has 2 N–H and O–H groups in total. The maximum Gasteiger partial charge on any atom is 0.338 e. The fourth-order valence-electron chi connectivity index (χ4n) is 2.15. The van der Waals surface area contributed by atoms with Crippen molar-refractivity contribution in [3.63, 3.8) is 0 Å². The lowest BCUT2D eigenvalue weighted by atomic mass is 10.1. The lowest BCUT2D eigenvalue weighted by Crippen LogP contribution is -2.17. The van der Waals surface area contributed by atoms with Crippen LogP contribution in [0.2, 0.25) is 0 Å². The minimum atomic E-state index is -4.31. The highest BCUT2D eigenvalue weighted by molar-refractivity contribution is 14.1. The van der Waals surface area contributed by atoms with E-state index in [-0.39, 0.29) is 11.3 Å². The minimum absolute atomic E-state index is 0.121. The van der Waals surface area contributed by atoms with Crippen molar-refractivity contribution in [3.05, 3.63) is 62.3 Å².